The van der Waals surface area contributed by atoms with Gasteiger partial charge in [-0.3, -0.25) is 4.79 Å². The summed E-state index contributed by atoms with van der Waals surface area (Å²) in [5, 5.41) is 4.41. The third kappa shape index (κ3) is 3.62. The summed E-state index contributed by atoms with van der Waals surface area (Å²) in [6.45, 7) is 9.21. The Bertz CT molecular complexity index is 703. The Morgan fingerprint density at radius 1 is 1.30 bits per heavy atom. The van der Waals surface area contributed by atoms with Gasteiger partial charge in [0.05, 0.1) is 23.1 Å². The van der Waals surface area contributed by atoms with E-state index >= 15 is 0 Å². The molecule has 2 N–H and O–H groups in total. The first-order chi connectivity index (χ1) is 10.8. The summed E-state index contributed by atoms with van der Waals surface area (Å²) in [6, 6.07) is 8.01. The number of hydrogen-bond donors (Lipinski definition) is 1. The first-order valence-corrected chi connectivity index (χ1v) is 7.83. The molecular formula is C18H26N4O. The second-order valence-electron chi connectivity index (χ2n) is 6.87. The highest BCUT2D eigenvalue weighted by Gasteiger charge is 2.24. The Morgan fingerprint density at radius 3 is 2.57 bits per heavy atom. The van der Waals surface area contributed by atoms with Crippen molar-refractivity contribution in [1.29, 1.82) is 0 Å². The minimum atomic E-state index is -0.107. The third-order valence-electron chi connectivity index (χ3n) is 4.15. The molecule has 0 spiro atoms. The van der Waals surface area contributed by atoms with Crippen LogP contribution in [0.4, 0.5) is 0 Å². The maximum absolute atomic E-state index is 12.7. The quantitative estimate of drug-likeness (QED) is 0.922. The van der Waals surface area contributed by atoms with Gasteiger partial charge in [0.15, 0.2) is 0 Å². The monoisotopic (exact) mass is 314 g/mol. The van der Waals surface area contributed by atoms with E-state index in [2.05, 4.69) is 18.9 Å². The Labute approximate surface area is 138 Å². The van der Waals surface area contributed by atoms with Crippen molar-refractivity contribution in [3.63, 3.8) is 0 Å². The lowest BCUT2D eigenvalue weighted by Gasteiger charge is -2.29. The summed E-state index contributed by atoms with van der Waals surface area (Å²) < 4.78 is 1.82. The van der Waals surface area contributed by atoms with Crippen molar-refractivity contribution in [1.82, 2.24) is 14.7 Å². The lowest BCUT2D eigenvalue weighted by Crippen LogP contribution is -2.39. The van der Waals surface area contributed by atoms with E-state index < -0.39 is 0 Å². The number of aromatic nitrogens is 2. The molecule has 5 heteroatoms. The lowest BCUT2D eigenvalue weighted by atomic mass is 9.93. The number of hydrogen-bond acceptors (Lipinski definition) is 3. The molecule has 1 heterocycles. The number of rotatable bonds is 5. The molecule has 0 saturated heterocycles. The molecule has 124 valence electrons. The van der Waals surface area contributed by atoms with Crippen LogP contribution in [0.2, 0.25) is 0 Å². The van der Waals surface area contributed by atoms with Crippen LogP contribution in [0.5, 0.6) is 0 Å². The molecule has 0 aliphatic heterocycles. The van der Waals surface area contributed by atoms with Gasteiger partial charge in [0.2, 0.25) is 0 Å². The molecule has 0 aliphatic carbocycles. The first kappa shape index (κ1) is 17.2. The number of para-hydroxylation sites is 1. The van der Waals surface area contributed by atoms with Crippen molar-refractivity contribution in [2.45, 2.75) is 27.7 Å². The van der Waals surface area contributed by atoms with Crippen LogP contribution in [-0.4, -0.2) is 40.7 Å². The molecule has 23 heavy (non-hydrogen) atoms. The van der Waals surface area contributed by atoms with Crippen LogP contribution < -0.4 is 5.73 Å². The van der Waals surface area contributed by atoms with Gasteiger partial charge >= 0.3 is 0 Å². The zero-order chi connectivity index (χ0) is 17.2. The summed E-state index contributed by atoms with van der Waals surface area (Å²) in [7, 11) is 1.81. The predicted octanol–water partition coefficient (Wildman–Crippen LogP) is 2.55. The van der Waals surface area contributed by atoms with Crippen LogP contribution in [-0.2, 0) is 0 Å². The Morgan fingerprint density at radius 2 is 1.96 bits per heavy atom. The summed E-state index contributed by atoms with van der Waals surface area (Å²) in [6.07, 6.45) is 1.65. The maximum Gasteiger partial charge on any atom is 0.257 e. The molecule has 0 radical (unpaired) electrons. The lowest BCUT2D eigenvalue weighted by molar-refractivity contribution is 0.0740. The van der Waals surface area contributed by atoms with Crippen molar-refractivity contribution in [2.24, 2.45) is 11.1 Å². The van der Waals surface area contributed by atoms with Gasteiger partial charge in [-0.25, -0.2) is 4.68 Å². The van der Waals surface area contributed by atoms with Gasteiger partial charge < -0.3 is 10.6 Å². The summed E-state index contributed by atoms with van der Waals surface area (Å²) >= 11 is 0. The molecule has 1 aromatic heterocycles. The van der Waals surface area contributed by atoms with Crippen LogP contribution in [0.1, 0.15) is 35.5 Å². The number of carbonyl (C=O) groups is 1. The second kappa shape index (κ2) is 6.54. The van der Waals surface area contributed by atoms with E-state index in [0.29, 0.717) is 18.7 Å². The van der Waals surface area contributed by atoms with Crippen molar-refractivity contribution in [3.05, 3.63) is 47.3 Å². The van der Waals surface area contributed by atoms with Crippen LogP contribution in [0.15, 0.2) is 30.5 Å². The highest BCUT2D eigenvalue weighted by molar-refractivity contribution is 5.95. The Kier molecular flexibility index (Phi) is 4.90. The molecule has 0 atom stereocenters. The molecular weight excluding hydrogens is 288 g/mol. The number of benzene rings is 1. The predicted molar refractivity (Wildman–Crippen MR) is 92.8 cm³/mol. The van der Waals surface area contributed by atoms with Gasteiger partial charge in [-0.15, -0.1) is 0 Å². The molecule has 0 aliphatic rings. The zero-order valence-electron chi connectivity index (χ0n) is 14.6. The molecule has 1 amide bonds. The SMILES string of the molecule is Cc1ccccc1-n1ncc(C(=O)N(C)CC(C)(C)CN)c1C. The number of nitrogens with zero attached hydrogens (tertiary/aromatic N) is 3. The first-order valence-electron chi connectivity index (χ1n) is 7.83. The fourth-order valence-corrected chi connectivity index (χ4v) is 2.65. The van der Waals surface area contributed by atoms with Gasteiger partial charge in [-0.1, -0.05) is 32.0 Å². The third-order valence-corrected chi connectivity index (χ3v) is 4.15. The highest BCUT2D eigenvalue weighted by Crippen LogP contribution is 2.20. The average Bonchev–Trinajstić information content (AvgIpc) is 2.88. The Balaban J connectivity index is 2.29. The molecule has 2 rings (SSSR count). The van der Waals surface area contributed by atoms with Crippen LogP contribution in [0.25, 0.3) is 5.69 Å². The van der Waals surface area contributed by atoms with Crippen LogP contribution in [0.3, 0.4) is 0 Å². The van der Waals surface area contributed by atoms with E-state index in [1.54, 1.807) is 11.1 Å². The van der Waals surface area contributed by atoms with Crippen molar-refractivity contribution in [2.75, 3.05) is 20.1 Å². The summed E-state index contributed by atoms with van der Waals surface area (Å²) in [4.78, 5) is 14.4. The zero-order valence-corrected chi connectivity index (χ0v) is 14.6. The van der Waals surface area contributed by atoms with Crippen LogP contribution >= 0.6 is 0 Å². The molecule has 1 aromatic carbocycles. The normalized spacial score (nSPS) is 11.6. The maximum atomic E-state index is 12.7. The largest absolute Gasteiger partial charge is 0.341 e. The average molecular weight is 314 g/mol. The van der Waals surface area contributed by atoms with E-state index in [1.807, 2.05) is 49.8 Å². The van der Waals surface area contributed by atoms with E-state index in [1.165, 1.54) is 0 Å². The minimum absolute atomic E-state index is 0.0242. The van der Waals surface area contributed by atoms with Gasteiger partial charge in [-0.2, -0.15) is 5.10 Å². The number of nitrogens with two attached hydrogens (primary N) is 1. The summed E-state index contributed by atoms with van der Waals surface area (Å²) in [5.74, 6) is -0.0242. The van der Waals surface area contributed by atoms with Crippen molar-refractivity contribution >= 4 is 5.91 Å². The molecule has 0 fully saturated rings. The highest BCUT2D eigenvalue weighted by atomic mass is 16.2. The molecule has 2 aromatic rings. The smallest absolute Gasteiger partial charge is 0.257 e. The fraction of sp³-hybridized carbons (Fsp3) is 0.444. The van der Waals surface area contributed by atoms with Crippen molar-refractivity contribution < 1.29 is 4.79 Å². The van der Waals surface area contributed by atoms with Gasteiger partial charge in [0, 0.05) is 13.6 Å². The summed E-state index contributed by atoms with van der Waals surface area (Å²) in [5.41, 5.74) is 9.25. The minimum Gasteiger partial charge on any atom is -0.341 e. The van der Waals surface area contributed by atoms with E-state index in [4.69, 9.17) is 5.73 Å². The van der Waals surface area contributed by atoms with Crippen molar-refractivity contribution in [3.8, 4) is 5.69 Å². The van der Waals surface area contributed by atoms with Gasteiger partial charge in [0.25, 0.3) is 5.91 Å². The van der Waals surface area contributed by atoms with E-state index in [0.717, 1.165) is 16.9 Å². The van der Waals surface area contributed by atoms with E-state index in [9.17, 15) is 4.79 Å². The topological polar surface area (TPSA) is 64.2 Å². The second-order valence-corrected chi connectivity index (χ2v) is 6.87. The van der Waals surface area contributed by atoms with Crippen LogP contribution in [0, 0.1) is 19.3 Å². The molecule has 5 nitrogen and oxygen atoms in total. The molecule has 0 unspecified atom stereocenters. The van der Waals surface area contributed by atoms with Gasteiger partial charge in [0.1, 0.15) is 0 Å². The molecule has 0 saturated carbocycles. The number of aryl methyl sites for hydroxylation is 1. The van der Waals surface area contributed by atoms with E-state index in [-0.39, 0.29) is 11.3 Å². The molecule has 0 bridgehead atoms. The fourth-order valence-electron chi connectivity index (χ4n) is 2.65. The number of carbonyl (C=O) groups excluding carboxylic acids is 1. The van der Waals surface area contributed by atoms with Gasteiger partial charge in [-0.05, 0) is 37.4 Å². The standard InChI is InChI=1S/C18H26N4O/c1-13-8-6-7-9-16(13)22-14(2)15(10-20-22)17(23)21(5)12-18(3,4)11-19/h6-10H,11-12,19H2,1-5H3. The number of amides is 1. The Hall–Kier alpha value is -2.14.